The molecular weight excluding hydrogens is 949 g/mol. The molecule has 1 atom stereocenters. The molecule has 0 heterocycles. The van der Waals surface area contributed by atoms with Crippen molar-refractivity contribution in [1.29, 1.82) is 0 Å². The van der Waals surface area contributed by atoms with Gasteiger partial charge in [-0.15, -0.1) is 0 Å². The van der Waals surface area contributed by atoms with E-state index in [0.717, 1.165) is 116 Å². The predicted molar refractivity (Wildman–Crippen MR) is 334 cm³/mol. The van der Waals surface area contributed by atoms with Gasteiger partial charge in [-0.05, 0) is 96.3 Å². The topological polar surface area (TPSA) is 78.9 Å². The molecule has 0 aliphatic heterocycles. The van der Waals surface area contributed by atoms with Crippen LogP contribution in [-0.4, -0.2) is 37.2 Å². The first kappa shape index (κ1) is 73.3. The lowest BCUT2D eigenvalue weighted by molar-refractivity contribution is -0.167. The van der Waals surface area contributed by atoms with Crippen molar-refractivity contribution in [3.8, 4) is 0 Å². The van der Waals surface area contributed by atoms with E-state index >= 15 is 0 Å². The Labute approximate surface area is 477 Å². The standard InChI is InChI=1S/C71H122O6/c1-4-7-10-13-16-19-21-23-25-27-29-31-32-33-34-35-36-37-38-40-41-43-45-47-49-52-55-58-61-64-70(73)76-67-68(66-75-69(72)63-60-57-54-51-18-15-12-9-6-3)77-71(74)65-62-59-56-53-50-48-46-44-42-39-30-28-26-24-22-20-17-14-11-8-5-2/h7-8,10-11,16-17,19-20,23-26,29-31,39,68H,4-6,9,12-15,18,21-22,27-28,32-38,40-67H2,1-3H3/b10-7-,11-8-,19-16-,20-17-,25-23-,26-24-,31-29-,39-30-. The number of allylic oxidation sites excluding steroid dienone is 16. The summed E-state index contributed by atoms with van der Waals surface area (Å²) in [6, 6.07) is 0. The highest BCUT2D eigenvalue weighted by Crippen LogP contribution is 2.17. The van der Waals surface area contributed by atoms with Gasteiger partial charge in [0.15, 0.2) is 6.10 Å². The van der Waals surface area contributed by atoms with Crippen LogP contribution in [0.1, 0.15) is 316 Å². The van der Waals surface area contributed by atoms with Gasteiger partial charge in [0.05, 0.1) is 0 Å². The lowest BCUT2D eigenvalue weighted by Gasteiger charge is -2.18. The summed E-state index contributed by atoms with van der Waals surface area (Å²) in [5.41, 5.74) is 0. The third-order valence-electron chi connectivity index (χ3n) is 14.1. The van der Waals surface area contributed by atoms with Crippen LogP contribution >= 0.6 is 0 Å². The summed E-state index contributed by atoms with van der Waals surface area (Å²) in [6.45, 7) is 6.42. The summed E-state index contributed by atoms with van der Waals surface area (Å²) in [7, 11) is 0. The molecule has 0 saturated heterocycles. The van der Waals surface area contributed by atoms with Gasteiger partial charge in [0.1, 0.15) is 13.2 Å². The second-order valence-corrected chi connectivity index (χ2v) is 21.6. The van der Waals surface area contributed by atoms with Crippen molar-refractivity contribution in [2.24, 2.45) is 0 Å². The number of rotatable bonds is 59. The fraction of sp³-hybridized carbons (Fsp3) is 0.732. The van der Waals surface area contributed by atoms with E-state index in [1.54, 1.807) is 0 Å². The summed E-state index contributed by atoms with van der Waals surface area (Å²) in [5.74, 6) is -0.876. The monoisotopic (exact) mass is 1070 g/mol. The smallest absolute Gasteiger partial charge is 0.306 e. The molecule has 6 heteroatoms. The minimum Gasteiger partial charge on any atom is -0.462 e. The van der Waals surface area contributed by atoms with Crippen LogP contribution in [0.15, 0.2) is 97.2 Å². The SMILES string of the molecule is CC/C=C\C/C=C\C/C=C\C/C=C\CCCCCCCCCCCCCCCCCCC(=O)OCC(COC(=O)CCCCCCCCCCC)OC(=O)CCCCCCCCCC/C=C\C/C=C\C/C=C\C/C=C\CC. The van der Waals surface area contributed by atoms with Crippen LogP contribution < -0.4 is 0 Å². The number of hydrogen-bond acceptors (Lipinski definition) is 6. The first-order valence-corrected chi connectivity index (χ1v) is 32.7. The van der Waals surface area contributed by atoms with Crippen molar-refractivity contribution in [2.75, 3.05) is 13.2 Å². The van der Waals surface area contributed by atoms with Crippen LogP contribution in [0.25, 0.3) is 0 Å². The Bertz CT molecular complexity index is 1510. The Kier molecular flexibility index (Phi) is 61.8. The third-order valence-corrected chi connectivity index (χ3v) is 14.1. The van der Waals surface area contributed by atoms with E-state index in [1.807, 2.05) is 0 Å². The average Bonchev–Trinajstić information content (AvgIpc) is 3.43. The van der Waals surface area contributed by atoms with Crippen LogP contribution in [0.5, 0.6) is 0 Å². The van der Waals surface area contributed by atoms with E-state index in [-0.39, 0.29) is 31.1 Å². The highest BCUT2D eigenvalue weighted by Gasteiger charge is 2.19. The minimum absolute atomic E-state index is 0.0772. The van der Waals surface area contributed by atoms with E-state index < -0.39 is 6.10 Å². The molecule has 0 fully saturated rings. The Morgan fingerprint density at radius 1 is 0.273 bits per heavy atom. The van der Waals surface area contributed by atoms with Gasteiger partial charge >= 0.3 is 17.9 Å². The zero-order valence-electron chi connectivity index (χ0n) is 50.7. The summed E-state index contributed by atoms with van der Waals surface area (Å²) in [5, 5.41) is 0. The van der Waals surface area contributed by atoms with Crippen LogP contribution in [0, 0.1) is 0 Å². The molecule has 0 aliphatic carbocycles. The number of carbonyl (C=O) groups is 3. The number of esters is 3. The molecule has 442 valence electrons. The molecule has 1 unspecified atom stereocenters. The fourth-order valence-electron chi connectivity index (χ4n) is 9.25. The van der Waals surface area contributed by atoms with E-state index in [4.69, 9.17) is 14.2 Å². The summed E-state index contributed by atoms with van der Waals surface area (Å²) in [4.78, 5) is 38.2. The molecule has 0 aromatic heterocycles. The van der Waals surface area contributed by atoms with Gasteiger partial charge in [-0.3, -0.25) is 14.4 Å². The van der Waals surface area contributed by atoms with Crippen molar-refractivity contribution in [1.82, 2.24) is 0 Å². The van der Waals surface area contributed by atoms with Crippen molar-refractivity contribution in [2.45, 2.75) is 322 Å². The molecule has 0 spiro atoms. The number of ether oxygens (including phenoxy) is 3. The maximum Gasteiger partial charge on any atom is 0.306 e. The minimum atomic E-state index is -0.780. The highest BCUT2D eigenvalue weighted by atomic mass is 16.6. The molecule has 0 rings (SSSR count). The molecule has 0 aromatic carbocycles. The van der Waals surface area contributed by atoms with E-state index in [0.29, 0.717) is 19.3 Å². The summed E-state index contributed by atoms with van der Waals surface area (Å²) < 4.78 is 16.9. The van der Waals surface area contributed by atoms with Crippen molar-refractivity contribution in [3.63, 3.8) is 0 Å². The Morgan fingerprint density at radius 2 is 0.506 bits per heavy atom. The van der Waals surface area contributed by atoms with Crippen molar-refractivity contribution >= 4 is 17.9 Å². The maximum atomic E-state index is 12.9. The number of carbonyl (C=O) groups excluding carboxylic acids is 3. The first-order chi connectivity index (χ1) is 38.0. The van der Waals surface area contributed by atoms with E-state index in [2.05, 4.69) is 118 Å². The number of unbranched alkanes of at least 4 members (excludes halogenated alkanes) is 32. The van der Waals surface area contributed by atoms with Crippen LogP contribution in [0.4, 0.5) is 0 Å². The Balaban J connectivity index is 4.16. The van der Waals surface area contributed by atoms with Crippen LogP contribution in [-0.2, 0) is 28.6 Å². The average molecular weight is 1070 g/mol. The molecule has 0 saturated carbocycles. The molecule has 0 bridgehead atoms. The largest absolute Gasteiger partial charge is 0.462 e. The summed E-state index contributed by atoms with van der Waals surface area (Å²) in [6.07, 6.45) is 87.2. The fourth-order valence-corrected chi connectivity index (χ4v) is 9.25. The molecule has 0 amide bonds. The maximum absolute atomic E-state index is 12.9. The molecule has 0 N–H and O–H groups in total. The third kappa shape index (κ3) is 63.0. The van der Waals surface area contributed by atoms with Gasteiger partial charge in [0.25, 0.3) is 0 Å². The molecule has 0 aromatic rings. The zero-order valence-corrected chi connectivity index (χ0v) is 50.7. The molecular formula is C71H122O6. The predicted octanol–water partition coefficient (Wildman–Crippen LogP) is 22.4. The summed E-state index contributed by atoms with van der Waals surface area (Å²) >= 11 is 0. The van der Waals surface area contributed by atoms with Crippen molar-refractivity contribution in [3.05, 3.63) is 97.2 Å². The Morgan fingerprint density at radius 3 is 0.792 bits per heavy atom. The van der Waals surface area contributed by atoms with Gasteiger partial charge in [0.2, 0.25) is 0 Å². The van der Waals surface area contributed by atoms with Gasteiger partial charge in [-0.25, -0.2) is 0 Å². The van der Waals surface area contributed by atoms with Gasteiger partial charge in [-0.1, -0.05) is 298 Å². The second-order valence-electron chi connectivity index (χ2n) is 21.6. The lowest BCUT2D eigenvalue weighted by Crippen LogP contribution is -2.30. The molecule has 77 heavy (non-hydrogen) atoms. The van der Waals surface area contributed by atoms with E-state index in [1.165, 1.54) is 161 Å². The van der Waals surface area contributed by atoms with Crippen molar-refractivity contribution < 1.29 is 28.6 Å². The quantitative estimate of drug-likeness (QED) is 0.0261. The zero-order chi connectivity index (χ0) is 55.7. The van der Waals surface area contributed by atoms with E-state index in [9.17, 15) is 14.4 Å². The van der Waals surface area contributed by atoms with Gasteiger partial charge in [-0.2, -0.15) is 0 Å². The first-order valence-electron chi connectivity index (χ1n) is 32.7. The second kappa shape index (κ2) is 64.9. The van der Waals surface area contributed by atoms with Gasteiger partial charge in [0, 0.05) is 19.3 Å². The Hall–Kier alpha value is -3.67. The van der Waals surface area contributed by atoms with Crippen LogP contribution in [0.2, 0.25) is 0 Å². The normalized spacial score (nSPS) is 12.7. The molecule has 6 nitrogen and oxygen atoms in total. The van der Waals surface area contributed by atoms with Gasteiger partial charge < -0.3 is 14.2 Å². The van der Waals surface area contributed by atoms with Crippen LogP contribution in [0.3, 0.4) is 0 Å². The molecule has 0 radical (unpaired) electrons. The number of hydrogen-bond donors (Lipinski definition) is 0. The lowest BCUT2D eigenvalue weighted by atomic mass is 10.0. The molecule has 0 aliphatic rings. The highest BCUT2D eigenvalue weighted by molar-refractivity contribution is 5.71.